The van der Waals surface area contributed by atoms with Gasteiger partial charge in [-0.05, 0) is 171 Å². The second kappa shape index (κ2) is 48.8. The lowest BCUT2D eigenvalue weighted by Gasteiger charge is -2.18. The maximum atomic E-state index is 16.5. The Morgan fingerprint density at radius 3 is 0.738 bits per heavy atom. The largest absolute Gasteiger partial charge is 0.491 e. The van der Waals surface area contributed by atoms with Gasteiger partial charge in [-0.3, -0.25) is 0 Å². The highest BCUT2D eigenvalue weighted by Crippen LogP contribution is 2.36. The van der Waals surface area contributed by atoms with Crippen LogP contribution in [0.1, 0.15) is 300 Å². The number of unbranched alkanes of at least 4 members (excludes halogenated alkanes) is 5. The summed E-state index contributed by atoms with van der Waals surface area (Å²) in [4.78, 5) is 0. The van der Waals surface area contributed by atoms with Crippen molar-refractivity contribution in [2.24, 2.45) is 41.4 Å². The van der Waals surface area contributed by atoms with Crippen LogP contribution in [0, 0.1) is 130 Å². The number of rotatable bonds is 43. The van der Waals surface area contributed by atoms with Crippen molar-refractivity contribution in [1.29, 1.82) is 0 Å². The summed E-state index contributed by atoms with van der Waals surface area (Å²) >= 11 is 0. The van der Waals surface area contributed by atoms with Crippen molar-refractivity contribution in [3.05, 3.63) is 176 Å². The molecular formula is C96H121F5O6. The zero-order valence-corrected chi connectivity index (χ0v) is 66.8. The number of ether oxygens (including phenoxy) is 6. The van der Waals surface area contributed by atoms with Crippen LogP contribution in [0.15, 0.2) is 91.0 Å². The molecule has 0 aliphatic heterocycles. The quantitative estimate of drug-likeness (QED) is 0.0281. The molecule has 0 heterocycles. The molecule has 0 saturated carbocycles. The van der Waals surface area contributed by atoms with Crippen LogP contribution in [0.2, 0.25) is 0 Å². The fourth-order valence-electron chi connectivity index (χ4n) is 12.5. The molecule has 0 bridgehead atoms. The summed E-state index contributed by atoms with van der Waals surface area (Å²) in [6, 6.07) is 22.9. The molecule has 6 aromatic rings. The van der Waals surface area contributed by atoms with Crippen LogP contribution >= 0.6 is 0 Å². The van der Waals surface area contributed by atoms with E-state index in [1.807, 2.05) is 0 Å². The van der Waals surface area contributed by atoms with Gasteiger partial charge in [-0.2, -0.15) is 0 Å². The van der Waals surface area contributed by atoms with Crippen molar-refractivity contribution < 1.29 is 50.4 Å². The Morgan fingerprint density at radius 1 is 0.271 bits per heavy atom. The number of halogens is 5. The van der Waals surface area contributed by atoms with Gasteiger partial charge in [0.1, 0.15) is 0 Å². The normalized spacial score (nSPS) is 12.6. The predicted molar refractivity (Wildman–Crippen MR) is 430 cm³/mol. The molecule has 576 valence electrons. The number of benzene rings is 6. The average molecular weight is 1470 g/mol. The van der Waals surface area contributed by atoms with Crippen LogP contribution in [0.25, 0.3) is 0 Å². The molecule has 0 spiro atoms. The second-order valence-corrected chi connectivity index (χ2v) is 29.4. The van der Waals surface area contributed by atoms with Crippen molar-refractivity contribution >= 4 is 0 Å². The van der Waals surface area contributed by atoms with E-state index in [1.165, 1.54) is 30.3 Å². The monoisotopic (exact) mass is 1460 g/mol. The lowest BCUT2D eigenvalue weighted by Crippen LogP contribution is -2.12. The molecule has 6 rings (SSSR count). The second-order valence-electron chi connectivity index (χ2n) is 29.4. The third-order valence-corrected chi connectivity index (χ3v) is 20.2. The topological polar surface area (TPSA) is 55.4 Å². The first-order valence-corrected chi connectivity index (χ1v) is 40.5. The third kappa shape index (κ3) is 29.9. The third-order valence-electron chi connectivity index (χ3n) is 20.2. The van der Waals surface area contributed by atoms with Gasteiger partial charge in [0.15, 0.2) is 63.6 Å². The molecule has 0 aliphatic rings. The molecule has 0 fully saturated rings. The first-order valence-electron chi connectivity index (χ1n) is 40.5. The van der Waals surface area contributed by atoms with Crippen LogP contribution in [0.4, 0.5) is 22.0 Å². The fourth-order valence-corrected chi connectivity index (χ4v) is 12.5. The molecule has 0 radical (unpaired) electrons. The zero-order chi connectivity index (χ0) is 77.3. The fraction of sp³-hybridized carbons (Fsp3) is 0.521. The summed E-state index contributed by atoms with van der Waals surface area (Å²) < 4.78 is 120. The van der Waals surface area contributed by atoms with E-state index in [0.29, 0.717) is 56.5 Å². The summed E-state index contributed by atoms with van der Waals surface area (Å²) in [6.07, 6.45) is 23.3. The van der Waals surface area contributed by atoms with E-state index in [2.05, 4.69) is 149 Å². The molecular weight excluding hydrogens is 1340 g/mol. The van der Waals surface area contributed by atoms with E-state index in [-0.39, 0.29) is 121 Å². The Bertz CT molecular complexity index is 3840. The lowest BCUT2D eigenvalue weighted by molar-refractivity contribution is 0.225. The molecule has 0 saturated heterocycles. The summed E-state index contributed by atoms with van der Waals surface area (Å²) in [5.41, 5.74) is 2.25. The van der Waals surface area contributed by atoms with Gasteiger partial charge in [-0.1, -0.05) is 265 Å². The van der Waals surface area contributed by atoms with E-state index in [4.69, 9.17) is 28.4 Å². The number of hydrogen-bond donors (Lipinski definition) is 0. The minimum atomic E-state index is -0.612. The summed E-state index contributed by atoms with van der Waals surface area (Å²) in [5, 5.41) is 0. The molecule has 11 heteroatoms. The molecule has 6 aromatic carbocycles. The minimum absolute atomic E-state index is 0.0893. The minimum Gasteiger partial charge on any atom is -0.491 e. The Kier molecular flexibility index (Phi) is 39.9. The van der Waals surface area contributed by atoms with Crippen LogP contribution in [0.3, 0.4) is 0 Å². The van der Waals surface area contributed by atoms with Gasteiger partial charge in [0.2, 0.25) is 0 Å². The Labute approximate surface area is 641 Å². The Morgan fingerprint density at radius 2 is 0.514 bits per heavy atom. The molecule has 0 amide bonds. The lowest BCUT2D eigenvalue weighted by atomic mass is 9.89. The smallest absolute Gasteiger partial charge is 0.166 e. The van der Waals surface area contributed by atoms with Crippen molar-refractivity contribution in [2.45, 2.75) is 244 Å². The maximum Gasteiger partial charge on any atom is 0.166 e. The van der Waals surface area contributed by atoms with Gasteiger partial charge >= 0.3 is 0 Å². The molecule has 0 aromatic heterocycles. The van der Waals surface area contributed by atoms with Gasteiger partial charge in [-0.25, -0.2) is 22.0 Å². The van der Waals surface area contributed by atoms with Crippen LogP contribution < -0.4 is 28.4 Å². The SMILES string of the molecule is CCCCC(CC)COc1ccc(C#Cc2c(C#Cc3ccc(OCC(CC)CCCC)c(F)c3)c(C#Cc3ccc(OCC(CC)CCCC)c(F)c3)c(OCC[C@@H](C)CCCC(C)C)c(C#Cc3ccc(OCC(CC)CCCC)c(F)c3)c2C#Cc2ccc(OCC(CC)CCCC)c(F)c2)cc1F. The van der Waals surface area contributed by atoms with Gasteiger partial charge in [-0.15, -0.1) is 0 Å². The molecule has 0 N–H and O–H groups in total. The molecule has 0 aliphatic carbocycles. The highest BCUT2D eigenvalue weighted by atomic mass is 19.1. The molecule has 107 heavy (non-hydrogen) atoms. The standard InChI is InChI=1S/C96H121F5O6/c1-14-24-32-71(19-6)64-103-91-52-42-76(59-86(91)97)37-47-81-82(48-38-77-43-53-92(87(98)60-77)104-65-72(20-7)33-25-15-2)84(50-40-79-45-55-94(89(100)62-79)106-67-74(22-9)35-27-17-4)96(102-58-57-70(13)31-29-30-69(11)12)85(51-41-80-46-56-95(90(101)63-80)107-68-75(23-10)36-28-18-5)83(81)49-39-78-44-54-93(88(99)61-78)105-66-73(21-8)34-26-16-3/h42-46,52-56,59-63,69-75H,14-36,57-58,64-68H2,1-13H3/t70-,71?,72?,73?,74?,75?/m0/s1. The maximum absolute atomic E-state index is 16.5. The predicted octanol–water partition coefficient (Wildman–Crippen LogP) is 25.6. The van der Waals surface area contributed by atoms with Crippen molar-refractivity contribution in [2.75, 3.05) is 39.6 Å². The van der Waals surface area contributed by atoms with E-state index < -0.39 is 29.1 Å². The van der Waals surface area contributed by atoms with E-state index in [1.54, 1.807) is 60.7 Å². The van der Waals surface area contributed by atoms with E-state index >= 15 is 22.0 Å². The molecule has 6 atom stereocenters. The van der Waals surface area contributed by atoms with E-state index in [9.17, 15) is 0 Å². The summed E-state index contributed by atoms with van der Waals surface area (Å²) in [6.45, 7) is 29.8. The van der Waals surface area contributed by atoms with Gasteiger partial charge in [0, 0.05) is 27.8 Å². The first kappa shape index (κ1) is 87.5. The Balaban J connectivity index is 1.76. The van der Waals surface area contributed by atoms with Crippen molar-refractivity contribution in [3.63, 3.8) is 0 Å². The van der Waals surface area contributed by atoms with Crippen LogP contribution in [-0.4, -0.2) is 39.6 Å². The van der Waals surface area contributed by atoms with Gasteiger partial charge in [0.25, 0.3) is 0 Å². The molecule has 6 nitrogen and oxygen atoms in total. The van der Waals surface area contributed by atoms with Crippen molar-refractivity contribution in [3.8, 4) is 93.7 Å². The van der Waals surface area contributed by atoms with Crippen LogP contribution in [-0.2, 0) is 0 Å². The first-order chi connectivity index (χ1) is 51.9. The Hall–Kier alpha value is -8.43. The highest BCUT2D eigenvalue weighted by Gasteiger charge is 2.25. The number of hydrogen-bond acceptors (Lipinski definition) is 6. The van der Waals surface area contributed by atoms with Crippen LogP contribution in [0.5, 0.6) is 34.5 Å². The average Bonchev–Trinajstić information content (AvgIpc) is 0.761. The highest BCUT2D eigenvalue weighted by molar-refractivity contribution is 5.78. The van der Waals surface area contributed by atoms with Gasteiger partial charge in [0.05, 0.1) is 67.5 Å². The van der Waals surface area contributed by atoms with E-state index in [0.717, 1.165) is 148 Å². The summed E-state index contributed by atoms with van der Waals surface area (Å²) in [5.74, 6) is 32.7. The molecule has 5 unspecified atom stereocenters. The van der Waals surface area contributed by atoms with Gasteiger partial charge < -0.3 is 28.4 Å². The summed E-state index contributed by atoms with van der Waals surface area (Å²) in [7, 11) is 0. The zero-order valence-electron chi connectivity index (χ0n) is 66.8. The van der Waals surface area contributed by atoms with Crippen molar-refractivity contribution in [1.82, 2.24) is 0 Å².